The van der Waals surface area contributed by atoms with E-state index in [9.17, 15) is 13.9 Å². The summed E-state index contributed by atoms with van der Waals surface area (Å²) in [5, 5.41) is 19.5. The Balaban J connectivity index is 2.07. The van der Waals surface area contributed by atoms with E-state index in [2.05, 4.69) is 21.7 Å². The maximum Gasteiger partial charge on any atom is 0.227 e. The third-order valence-corrected chi connectivity index (χ3v) is 4.47. The third-order valence-electron chi connectivity index (χ3n) is 4.47. The Kier molecular flexibility index (Phi) is 4.60. The molecular formula is C18H22F2N4O. The molecule has 7 heteroatoms. The number of rotatable bonds is 5. The lowest BCUT2D eigenvalue weighted by Crippen LogP contribution is -2.30. The molecule has 1 N–H and O–H groups in total. The molecule has 1 aliphatic heterocycles. The molecule has 0 aliphatic carbocycles. The van der Waals surface area contributed by atoms with Crippen LogP contribution in [0.1, 0.15) is 38.1 Å². The summed E-state index contributed by atoms with van der Waals surface area (Å²) in [6.07, 6.45) is 2.16. The van der Waals surface area contributed by atoms with E-state index in [4.69, 9.17) is 0 Å². The highest BCUT2D eigenvalue weighted by Gasteiger charge is 2.35. The summed E-state index contributed by atoms with van der Waals surface area (Å²) in [6, 6.07) is 3.35. The Hall–Kier alpha value is -2.28. The Morgan fingerprint density at radius 1 is 1.24 bits per heavy atom. The summed E-state index contributed by atoms with van der Waals surface area (Å²) in [5.41, 5.74) is -0.521. The largest absolute Gasteiger partial charge is 0.377 e. The van der Waals surface area contributed by atoms with Gasteiger partial charge in [-0.2, -0.15) is 0 Å². The van der Waals surface area contributed by atoms with Gasteiger partial charge >= 0.3 is 0 Å². The SMILES string of the molecule is C=C(C)Cn1c(N2CCCC2)nnc1C(C)(O)c1ccc(F)c(F)c1. The first-order chi connectivity index (χ1) is 11.8. The number of aliphatic hydroxyl groups is 1. The van der Waals surface area contributed by atoms with Crippen molar-refractivity contribution in [1.29, 1.82) is 0 Å². The number of allylic oxidation sites excluding steroid dienone is 1. The van der Waals surface area contributed by atoms with Gasteiger partial charge in [0.2, 0.25) is 5.95 Å². The Labute approximate surface area is 145 Å². The minimum absolute atomic E-state index is 0.217. The molecule has 0 amide bonds. The van der Waals surface area contributed by atoms with Crippen molar-refractivity contribution < 1.29 is 13.9 Å². The first-order valence-corrected chi connectivity index (χ1v) is 8.31. The van der Waals surface area contributed by atoms with Crippen molar-refractivity contribution in [3.05, 3.63) is 53.4 Å². The van der Waals surface area contributed by atoms with Crippen LogP contribution in [-0.2, 0) is 12.1 Å². The van der Waals surface area contributed by atoms with Gasteiger partial charge in [0.05, 0.1) is 0 Å². The zero-order valence-electron chi connectivity index (χ0n) is 14.5. The summed E-state index contributed by atoms with van der Waals surface area (Å²) in [7, 11) is 0. The van der Waals surface area contributed by atoms with Crippen molar-refractivity contribution in [3.63, 3.8) is 0 Å². The van der Waals surface area contributed by atoms with Crippen LogP contribution in [-0.4, -0.2) is 33.0 Å². The molecular weight excluding hydrogens is 326 g/mol. The van der Waals surface area contributed by atoms with Crippen LogP contribution in [0.3, 0.4) is 0 Å². The van der Waals surface area contributed by atoms with Gasteiger partial charge in [0.15, 0.2) is 17.5 Å². The number of anilines is 1. The minimum Gasteiger partial charge on any atom is -0.377 e. The lowest BCUT2D eigenvalue weighted by molar-refractivity contribution is 0.0875. The second-order valence-corrected chi connectivity index (χ2v) is 6.76. The highest BCUT2D eigenvalue weighted by molar-refractivity contribution is 5.37. The number of aromatic nitrogens is 3. The van der Waals surface area contributed by atoms with E-state index in [-0.39, 0.29) is 11.4 Å². The van der Waals surface area contributed by atoms with E-state index >= 15 is 0 Å². The van der Waals surface area contributed by atoms with Crippen LogP contribution in [0.5, 0.6) is 0 Å². The van der Waals surface area contributed by atoms with E-state index < -0.39 is 17.2 Å². The molecule has 134 valence electrons. The Bertz CT molecular complexity index is 794. The van der Waals surface area contributed by atoms with Gasteiger partial charge in [-0.05, 0) is 44.4 Å². The van der Waals surface area contributed by atoms with E-state index in [1.807, 2.05) is 6.92 Å². The summed E-state index contributed by atoms with van der Waals surface area (Å²) >= 11 is 0. The van der Waals surface area contributed by atoms with Crippen molar-refractivity contribution in [2.45, 2.75) is 38.8 Å². The highest BCUT2D eigenvalue weighted by atomic mass is 19.2. The van der Waals surface area contributed by atoms with Crippen LogP contribution in [0.15, 0.2) is 30.4 Å². The minimum atomic E-state index is -1.62. The molecule has 0 spiro atoms. The van der Waals surface area contributed by atoms with E-state index in [1.54, 1.807) is 4.57 Å². The fourth-order valence-electron chi connectivity index (χ4n) is 3.15. The number of benzene rings is 1. The van der Waals surface area contributed by atoms with E-state index in [0.717, 1.165) is 43.6 Å². The van der Waals surface area contributed by atoms with Gasteiger partial charge in [0, 0.05) is 19.6 Å². The lowest BCUT2D eigenvalue weighted by atomic mass is 9.94. The van der Waals surface area contributed by atoms with Crippen LogP contribution in [0.25, 0.3) is 0 Å². The summed E-state index contributed by atoms with van der Waals surface area (Å²) in [5.74, 6) is -1.02. The van der Waals surface area contributed by atoms with Gasteiger partial charge in [-0.15, -0.1) is 10.2 Å². The predicted molar refractivity (Wildman–Crippen MR) is 91.3 cm³/mol. The molecule has 0 radical (unpaired) electrons. The number of nitrogens with zero attached hydrogens (tertiary/aromatic N) is 4. The van der Waals surface area contributed by atoms with Gasteiger partial charge in [-0.3, -0.25) is 4.57 Å². The number of hydrogen-bond donors (Lipinski definition) is 1. The molecule has 5 nitrogen and oxygen atoms in total. The zero-order chi connectivity index (χ0) is 18.2. The molecule has 1 aromatic carbocycles. The fourth-order valence-corrected chi connectivity index (χ4v) is 3.15. The van der Waals surface area contributed by atoms with E-state index in [1.165, 1.54) is 13.0 Å². The quantitative estimate of drug-likeness (QED) is 0.844. The topological polar surface area (TPSA) is 54.2 Å². The van der Waals surface area contributed by atoms with Crippen molar-refractivity contribution in [3.8, 4) is 0 Å². The van der Waals surface area contributed by atoms with Crippen molar-refractivity contribution >= 4 is 5.95 Å². The standard InChI is InChI=1S/C18H22F2N4O/c1-12(2)11-24-16(21-22-17(24)23-8-4-5-9-23)18(3,25)13-6-7-14(19)15(20)10-13/h6-7,10,25H,1,4-5,8-9,11H2,2-3H3. The van der Waals surface area contributed by atoms with Crippen molar-refractivity contribution in [2.75, 3.05) is 18.0 Å². The van der Waals surface area contributed by atoms with Crippen LogP contribution >= 0.6 is 0 Å². The van der Waals surface area contributed by atoms with Gasteiger partial charge in [-0.25, -0.2) is 8.78 Å². The molecule has 1 atom stereocenters. The highest BCUT2D eigenvalue weighted by Crippen LogP contribution is 2.32. The van der Waals surface area contributed by atoms with Gasteiger partial charge in [-0.1, -0.05) is 18.2 Å². The van der Waals surface area contributed by atoms with Crippen LogP contribution in [0.4, 0.5) is 14.7 Å². The molecule has 0 bridgehead atoms. The summed E-state index contributed by atoms with van der Waals surface area (Å²) < 4.78 is 28.7. The molecule has 25 heavy (non-hydrogen) atoms. The zero-order valence-corrected chi connectivity index (χ0v) is 14.5. The molecule has 0 saturated carbocycles. The summed E-state index contributed by atoms with van der Waals surface area (Å²) in [6.45, 7) is 9.51. The maximum atomic E-state index is 13.6. The molecule has 1 aromatic heterocycles. The van der Waals surface area contributed by atoms with Crippen LogP contribution < -0.4 is 4.90 Å². The molecule has 2 heterocycles. The van der Waals surface area contributed by atoms with E-state index in [0.29, 0.717) is 12.5 Å². The van der Waals surface area contributed by atoms with Gasteiger partial charge in [0.1, 0.15) is 5.60 Å². The van der Waals surface area contributed by atoms with Crippen LogP contribution in [0, 0.1) is 11.6 Å². The molecule has 1 aliphatic rings. The first-order valence-electron chi connectivity index (χ1n) is 8.31. The lowest BCUT2D eigenvalue weighted by Gasteiger charge is -2.26. The average molecular weight is 348 g/mol. The smallest absolute Gasteiger partial charge is 0.227 e. The molecule has 1 saturated heterocycles. The third kappa shape index (κ3) is 3.28. The number of hydrogen-bond acceptors (Lipinski definition) is 4. The van der Waals surface area contributed by atoms with Gasteiger partial charge < -0.3 is 10.0 Å². The normalized spacial score (nSPS) is 16.9. The second-order valence-electron chi connectivity index (χ2n) is 6.76. The number of halogens is 2. The fraction of sp³-hybridized carbons (Fsp3) is 0.444. The van der Waals surface area contributed by atoms with Crippen molar-refractivity contribution in [2.24, 2.45) is 0 Å². The monoisotopic (exact) mass is 348 g/mol. The molecule has 1 fully saturated rings. The van der Waals surface area contributed by atoms with Gasteiger partial charge in [0.25, 0.3) is 0 Å². The molecule has 1 unspecified atom stereocenters. The Morgan fingerprint density at radius 2 is 1.92 bits per heavy atom. The maximum absolute atomic E-state index is 13.6. The average Bonchev–Trinajstić information content (AvgIpc) is 3.18. The van der Waals surface area contributed by atoms with Crippen LogP contribution in [0.2, 0.25) is 0 Å². The predicted octanol–water partition coefficient (Wildman–Crippen LogP) is 2.99. The molecule has 3 rings (SSSR count). The summed E-state index contributed by atoms with van der Waals surface area (Å²) in [4.78, 5) is 2.11. The first kappa shape index (κ1) is 17.5. The second kappa shape index (κ2) is 6.55. The van der Waals surface area contributed by atoms with Crippen molar-refractivity contribution in [1.82, 2.24) is 14.8 Å². The Morgan fingerprint density at radius 3 is 2.52 bits per heavy atom. The molecule has 2 aromatic rings.